The van der Waals surface area contributed by atoms with Crippen LogP contribution in [0.25, 0.3) is 0 Å². The minimum Gasteiger partial charge on any atom is -0.479 e. The highest BCUT2D eigenvalue weighted by Crippen LogP contribution is 2.34. The van der Waals surface area contributed by atoms with Gasteiger partial charge in [-0.1, -0.05) is 6.92 Å². The number of fused-ring (bicyclic) bond motifs is 1. The van der Waals surface area contributed by atoms with E-state index < -0.39 is 6.10 Å². The molecule has 1 aromatic rings. The highest BCUT2D eigenvalue weighted by Gasteiger charge is 2.30. The molecule has 2 amide bonds. The van der Waals surface area contributed by atoms with Gasteiger partial charge in [-0.25, -0.2) is 0 Å². The van der Waals surface area contributed by atoms with E-state index in [4.69, 9.17) is 4.74 Å². The van der Waals surface area contributed by atoms with Crippen LogP contribution in [0.5, 0.6) is 5.75 Å². The van der Waals surface area contributed by atoms with Gasteiger partial charge >= 0.3 is 0 Å². The van der Waals surface area contributed by atoms with Crippen molar-refractivity contribution < 1.29 is 14.3 Å². The van der Waals surface area contributed by atoms with Gasteiger partial charge in [0.1, 0.15) is 5.75 Å². The van der Waals surface area contributed by atoms with E-state index in [-0.39, 0.29) is 11.8 Å². The Hall–Kier alpha value is -2.04. The number of hydrogen-bond donors (Lipinski definition) is 0. The van der Waals surface area contributed by atoms with E-state index in [9.17, 15) is 9.59 Å². The van der Waals surface area contributed by atoms with Gasteiger partial charge in [0.25, 0.3) is 11.8 Å². The summed E-state index contributed by atoms with van der Waals surface area (Å²) in [5.41, 5.74) is 1.28. The topological polar surface area (TPSA) is 49.9 Å². The molecule has 0 aliphatic carbocycles. The first kappa shape index (κ1) is 14.9. The summed E-state index contributed by atoms with van der Waals surface area (Å²) in [4.78, 5) is 28.1. The van der Waals surface area contributed by atoms with Crippen LogP contribution in [0.3, 0.4) is 0 Å². The molecule has 1 atom stereocenters. The molecule has 1 aromatic carbocycles. The number of rotatable bonds is 1. The van der Waals surface area contributed by atoms with Gasteiger partial charge in [-0.2, -0.15) is 0 Å². The number of ether oxygens (including phenoxy) is 1. The first-order chi connectivity index (χ1) is 10.5. The summed E-state index contributed by atoms with van der Waals surface area (Å²) in [6.07, 6.45) is 1.62. The van der Waals surface area contributed by atoms with E-state index >= 15 is 0 Å². The molecule has 0 bridgehead atoms. The van der Waals surface area contributed by atoms with Crippen molar-refractivity contribution in [2.75, 3.05) is 25.0 Å². The number of hydrogen-bond acceptors (Lipinski definition) is 3. The first-order valence-electron chi connectivity index (χ1n) is 7.85. The fourth-order valence-electron chi connectivity index (χ4n) is 3.04. The molecule has 2 aliphatic rings. The molecule has 0 N–H and O–H groups in total. The van der Waals surface area contributed by atoms with Crippen molar-refractivity contribution in [2.45, 2.75) is 32.8 Å². The van der Waals surface area contributed by atoms with E-state index in [0.717, 1.165) is 25.9 Å². The fourth-order valence-corrected chi connectivity index (χ4v) is 3.04. The molecule has 2 aliphatic heterocycles. The van der Waals surface area contributed by atoms with Crippen molar-refractivity contribution in [3.63, 3.8) is 0 Å². The third-order valence-corrected chi connectivity index (χ3v) is 4.62. The third-order valence-electron chi connectivity index (χ3n) is 4.62. The zero-order valence-electron chi connectivity index (χ0n) is 13.3. The number of piperidine rings is 1. The van der Waals surface area contributed by atoms with Gasteiger partial charge in [0.05, 0.1) is 5.69 Å². The lowest BCUT2D eigenvalue weighted by atomic mass is 9.98. The Bertz CT molecular complexity index is 606. The van der Waals surface area contributed by atoms with Crippen LogP contribution in [0, 0.1) is 5.92 Å². The predicted molar refractivity (Wildman–Crippen MR) is 84.2 cm³/mol. The van der Waals surface area contributed by atoms with Gasteiger partial charge < -0.3 is 14.5 Å². The number of likely N-dealkylation sites (N-methyl/N-ethyl adjacent to an activating group) is 1. The Balaban J connectivity index is 1.84. The lowest BCUT2D eigenvalue weighted by Crippen LogP contribution is -2.42. The average Bonchev–Trinajstić information content (AvgIpc) is 2.52. The Kier molecular flexibility index (Phi) is 3.81. The maximum atomic E-state index is 12.6. The monoisotopic (exact) mass is 302 g/mol. The molecular weight excluding hydrogens is 280 g/mol. The van der Waals surface area contributed by atoms with Crippen molar-refractivity contribution in [1.82, 2.24) is 4.90 Å². The van der Waals surface area contributed by atoms with Crippen molar-refractivity contribution in [2.24, 2.45) is 5.92 Å². The summed E-state index contributed by atoms with van der Waals surface area (Å²) in [6.45, 7) is 5.56. The molecule has 1 saturated heterocycles. The second-order valence-corrected chi connectivity index (χ2v) is 6.31. The lowest BCUT2D eigenvalue weighted by Gasteiger charge is -2.32. The SMILES string of the molecule is CC1CCN(C(=O)c2ccc3c(c2)N(C)C(=O)C(C)O3)CC1. The minimum atomic E-state index is -0.484. The molecule has 0 aromatic heterocycles. The maximum Gasteiger partial charge on any atom is 0.267 e. The number of likely N-dealkylation sites (tertiary alicyclic amines) is 1. The van der Waals surface area contributed by atoms with Gasteiger partial charge in [0.2, 0.25) is 0 Å². The smallest absolute Gasteiger partial charge is 0.267 e. The maximum absolute atomic E-state index is 12.6. The van der Waals surface area contributed by atoms with E-state index in [2.05, 4.69) is 6.92 Å². The van der Waals surface area contributed by atoms with Gasteiger partial charge in [0, 0.05) is 25.7 Å². The zero-order chi connectivity index (χ0) is 15.9. The molecule has 5 nitrogen and oxygen atoms in total. The van der Waals surface area contributed by atoms with Gasteiger partial charge in [-0.05, 0) is 43.9 Å². The number of benzene rings is 1. The number of carbonyl (C=O) groups is 2. The summed E-state index contributed by atoms with van der Waals surface area (Å²) in [5.74, 6) is 1.28. The van der Waals surface area contributed by atoms with Crippen LogP contribution in [-0.4, -0.2) is 43.0 Å². The third kappa shape index (κ3) is 2.56. The second kappa shape index (κ2) is 5.63. The lowest BCUT2D eigenvalue weighted by molar-refractivity contribution is -0.125. The van der Waals surface area contributed by atoms with Crippen molar-refractivity contribution in [1.29, 1.82) is 0 Å². The van der Waals surface area contributed by atoms with E-state index in [1.54, 1.807) is 37.1 Å². The standard InChI is InChI=1S/C17H22N2O3/c1-11-6-8-19(9-7-11)17(21)13-4-5-15-14(10-13)18(3)16(20)12(2)22-15/h4-5,10-12H,6-9H2,1-3H3. The number of amides is 2. The summed E-state index contributed by atoms with van der Waals surface area (Å²) >= 11 is 0. The summed E-state index contributed by atoms with van der Waals surface area (Å²) in [5, 5.41) is 0. The number of anilines is 1. The van der Waals surface area contributed by atoms with Crippen LogP contribution in [0.1, 0.15) is 37.0 Å². The molecule has 0 radical (unpaired) electrons. The van der Waals surface area contributed by atoms with Crippen molar-refractivity contribution in [3.05, 3.63) is 23.8 Å². The van der Waals surface area contributed by atoms with Gasteiger partial charge in [-0.15, -0.1) is 0 Å². The first-order valence-corrected chi connectivity index (χ1v) is 7.85. The molecule has 1 unspecified atom stereocenters. The largest absolute Gasteiger partial charge is 0.479 e. The highest BCUT2D eigenvalue weighted by atomic mass is 16.5. The van der Waals surface area contributed by atoms with Crippen LogP contribution in [0.15, 0.2) is 18.2 Å². The van der Waals surface area contributed by atoms with Gasteiger partial charge in [0.15, 0.2) is 6.10 Å². The second-order valence-electron chi connectivity index (χ2n) is 6.31. The highest BCUT2D eigenvalue weighted by molar-refractivity contribution is 6.02. The van der Waals surface area contributed by atoms with Crippen LogP contribution < -0.4 is 9.64 Å². The molecular formula is C17H22N2O3. The van der Waals surface area contributed by atoms with Crippen LogP contribution in [0.2, 0.25) is 0 Å². The van der Waals surface area contributed by atoms with E-state index in [0.29, 0.717) is 22.9 Å². The molecule has 1 fully saturated rings. The zero-order valence-corrected chi connectivity index (χ0v) is 13.3. The average molecular weight is 302 g/mol. The summed E-state index contributed by atoms with van der Waals surface area (Å²) in [6, 6.07) is 5.34. The molecule has 22 heavy (non-hydrogen) atoms. The van der Waals surface area contributed by atoms with Crippen molar-refractivity contribution >= 4 is 17.5 Å². The van der Waals surface area contributed by atoms with Crippen LogP contribution in [0.4, 0.5) is 5.69 Å². The minimum absolute atomic E-state index is 0.0363. The molecule has 3 rings (SSSR count). The van der Waals surface area contributed by atoms with Crippen LogP contribution >= 0.6 is 0 Å². The Morgan fingerprint density at radius 1 is 1.23 bits per heavy atom. The molecule has 2 heterocycles. The quantitative estimate of drug-likeness (QED) is 0.800. The van der Waals surface area contributed by atoms with Gasteiger partial charge in [-0.3, -0.25) is 9.59 Å². The Morgan fingerprint density at radius 2 is 1.91 bits per heavy atom. The fraction of sp³-hybridized carbons (Fsp3) is 0.529. The normalized spacial score (nSPS) is 22.3. The summed E-state index contributed by atoms with van der Waals surface area (Å²) < 4.78 is 5.59. The predicted octanol–water partition coefficient (Wildman–Crippen LogP) is 2.30. The Labute approximate surface area is 130 Å². The van der Waals surface area contributed by atoms with Crippen LogP contribution in [-0.2, 0) is 4.79 Å². The molecule has 5 heteroatoms. The van der Waals surface area contributed by atoms with E-state index in [1.807, 2.05) is 4.90 Å². The van der Waals surface area contributed by atoms with E-state index in [1.165, 1.54) is 0 Å². The van der Waals surface area contributed by atoms with Crippen molar-refractivity contribution in [3.8, 4) is 5.75 Å². The number of nitrogens with zero attached hydrogens (tertiary/aromatic N) is 2. The molecule has 0 spiro atoms. The molecule has 0 saturated carbocycles. The summed E-state index contributed by atoms with van der Waals surface area (Å²) in [7, 11) is 1.72. The number of carbonyl (C=O) groups excluding carboxylic acids is 2. The Morgan fingerprint density at radius 3 is 2.59 bits per heavy atom. The molecule has 118 valence electrons.